The minimum absolute atomic E-state index is 0.469. The lowest BCUT2D eigenvalue weighted by Crippen LogP contribution is -2.02. The Morgan fingerprint density at radius 3 is 0.504 bits per heavy atom. The quantitative estimate of drug-likeness (QED) is 0.0921. The molecule has 20 aromatic rings. The summed E-state index contributed by atoms with van der Waals surface area (Å²) in [6.45, 7) is 30.3. The lowest BCUT2D eigenvalue weighted by Gasteiger charge is -2.08. The number of benzene rings is 9. The largest absolute Gasteiger partial charge is 0.261 e. The third-order valence-electron chi connectivity index (χ3n) is 21.6. The molecule has 23 nitrogen and oxygen atoms in total. The summed E-state index contributed by atoms with van der Waals surface area (Å²) in [4.78, 5) is 105. The summed E-state index contributed by atoms with van der Waals surface area (Å²) >= 11 is 0. The van der Waals surface area contributed by atoms with Gasteiger partial charge in [-0.2, -0.15) is 0 Å². The van der Waals surface area contributed by atoms with Crippen LogP contribution in [0.5, 0.6) is 0 Å². The van der Waals surface area contributed by atoms with Crippen molar-refractivity contribution in [3.8, 4) is 171 Å². The molecule has 0 aliphatic carbocycles. The number of nitrogens with zero attached hydrogens (tertiary/aromatic N) is 23. The first kappa shape index (κ1) is 91.1. The molecule has 0 saturated carbocycles. The van der Waals surface area contributed by atoms with Gasteiger partial charge in [-0.1, -0.05) is 287 Å². The fourth-order valence-corrected chi connectivity index (χ4v) is 13.5. The standard InChI is InChI=1S/2C23H20N4.3C22H19N5/c1-15-4-9-18(10-5-15)21-25-22(19-11-6-16(2)7-12-19)27-23(26-21)20-13-8-17(3)24-14-20;1-15-4-9-18(10-5-15)21-25-22(19-11-6-16(2)7-12-19)27-23(26-21)20-13-8-17(3)14-24-20;1-14-4-8-17(9-5-14)20-25-21(18-10-6-15(2)12-23-18)27-22(26-20)19-11-7-16(3)13-24-19;1-14-4-8-17(9-5-14)20-25-21(18-10-6-15(2)7-11-18)27-22(26-20)19-12-23-16(3)24-13-19;1-14-4-8-17(9-5-14)19-25-20(18-10-6-15(2)7-11-18)27-22(26-19)21-23-12-16(3)13-24-21/h2*4-14H,1-3H3;3*4-13H,1-3H3. The van der Waals surface area contributed by atoms with Gasteiger partial charge in [0.1, 0.15) is 22.9 Å². The van der Waals surface area contributed by atoms with Crippen LogP contribution in [0.1, 0.15) is 83.8 Å². The molecule has 0 aliphatic rings. The Morgan fingerprint density at radius 1 is 0.111 bits per heavy atom. The minimum atomic E-state index is 0.469. The van der Waals surface area contributed by atoms with Crippen molar-refractivity contribution in [1.82, 2.24) is 115 Å². The molecule has 135 heavy (non-hydrogen) atoms. The average molecular weight is 1770 g/mol. The maximum Gasteiger partial charge on any atom is 0.201 e. The van der Waals surface area contributed by atoms with Gasteiger partial charge in [0.15, 0.2) is 87.4 Å². The maximum atomic E-state index is 4.73. The highest BCUT2D eigenvalue weighted by Gasteiger charge is 2.21. The first-order valence-electron chi connectivity index (χ1n) is 44.2. The molecular formula is C112H97N23. The first-order chi connectivity index (χ1) is 65.4. The summed E-state index contributed by atoms with van der Waals surface area (Å²) in [5.41, 5.74) is 28.4. The van der Waals surface area contributed by atoms with E-state index in [4.69, 9.17) is 39.9 Å². The molecule has 0 N–H and O–H groups in total. The van der Waals surface area contributed by atoms with Gasteiger partial charge >= 0.3 is 0 Å². The number of rotatable bonds is 15. The predicted molar refractivity (Wildman–Crippen MR) is 534 cm³/mol. The number of aryl methyl sites for hydroxylation is 15. The SMILES string of the molecule is Cc1ccc(-c2nc(-c3ccc(C)cc3)nc(-c3ccc(C)cn3)n2)cc1.Cc1ccc(-c2nc(-c3ccc(C)cc3)nc(-c3ccc(C)nc3)n2)cc1.Cc1ccc(-c2nc(-c3ccc(C)cc3)nc(-c3cnc(C)nc3)n2)cc1.Cc1ccc(-c2nc(-c3ccc(C)cc3)nc(-c3ncc(C)cn3)n2)cc1.Cc1ccc(-c2nc(-c3ccc(C)cn3)nc(-c3ccc(C)cn3)n2)cc1. The molecule has 0 spiro atoms. The van der Waals surface area contributed by atoms with Gasteiger partial charge in [-0.25, -0.2) is 94.7 Å². The Hall–Kier alpha value is -17.2. The van der Waals surface area contributed by atoms with E-state index in [2.05, 4.69) is 210 Å². The Kier molecular flexibility index (Phi) is 28.4. The molecular weight excluding hydrogens is 1670 g/mol. The molecule has 0 aliphatic heterocycles. The van der Waals surface area contributed by atoms with Crippen molar-refractivity contribution < 1.29 is 0 Å². The van der Waals surface area contributed by atoms with Crippen LogP contribution in [0.15, 0.2) is 316 Å². The summed E-state index contributed by atoms with van der Waals surface area (Å²) in [6, 6.07) is 89.3. The Bertz CT molecular complexity index is 5620. The van der Waals surface area contributed by atoms with Crippen LogP contribution in [0.25, 0.3) is 171 Å². The van der Waals surface area contributed by atoms with Crippen LogP contribution in [0.2, 0.25) is 0 Å². The zero-order valence-corrected chi connectivity index (χ0v) is 77.8. The lowest BCUT2D eigenvalue weighted by molar-refractivity contribution is 1.02. The molecule has 23 heteroatoms. The fraction of sp³-hybridized carbons (Fsp3) is 0.134. The van der Waals surface area contributed by atoms with E-state index in [0.717, 1.165) is 94.8 Å². The summed E-state index contributed by atoms with van der Waals surface area (Å²) in [5.74, 6) is 10.3. The summed E-state index contributed by atoms with van der Waals surface area (Å²) < 4.78 is 0. The van der Waals surface area contributed by atoms with E-state index in [-0.39, 0.29) is 0 Å². The summed E-state index contributed by atoms with van der Waals surface area (Å²) in [5, 5.41) is 0. The second-order valence-electron chi connectivity index (χ2n) is 33.3. The van der Waals surface area contributed by atoms with E-state index in [0.29, 0.717) is 110 Å². The second kappa shape index (κ2) is 42.1. The van der Waals surface area contributed by atoms with Gasteiger partial charge in [0, 0.05) is 111 Å². The highest BCUT2D eigenvalue weighted by molar-refractivity contribution is 5.72. The van der Waals surface area contributed by atoms with Crippen molar-refractivity contribution in [3.05, 3.63) is 400 Å². The smallest absolute Gasteiger partial charge is 0.201 e. The molecule has 0 atom stereocenters. The van der Waals surface area contributed by atoms with Gasteiger partial charge < -0.3 is 0 Å². The van der Waals surface area contributed by atoms with Crippen molar-refractivity contribution in [2.75, 3.05) is 0 Å². The van der Waals surface area contributed by atoms with Crippen LogP contribution in [0, 0.1) is 104 Å². The number of pyridine rings is 4. The number of aromatic nitrogens is 23. The number of hydrogen-bond donors (Lipinski definition) is 0. The van der Waals surface area contributed by atoms with Gasteiger partial charge in [-0.15, -0.1) is 0 Å². The van der Waals surface area contributed by atoms with Crippen LogP contribution in [-0.2, 0) is 0 Å². The van der Waals surface area contributed by atoms with Gasteiger partial charge in [-0.05, 0) is 156 Å². The summed E-state index contributed by atoms with van der Waals surface area (Å²) in [7, 11) is 0. The first-order valence-corrected chi connectivity index (χ1v) is 44.2. The van der Waals surface area contributed by atoms with Crippen molar-refractivity contribution in [2.24, 2.45) is 0 Å². The maximum absolute atomic E-state index is 4.73. The molecule has 0 amide bonds. The van der Waals surface area contributed by atoms with Crippen molar-refractivity contribution in [3.63, 3.8) is 0 Å². The van der Waals surface area contributed by atoms with Crippen LogP contribution >= 0.6 is 0 Å². The number of hydrogen-bond acceptors (Lipinski definition) is 23. The topological polar surface area (TPSA) is 296 Å². The van der Waals surface area contributed by atoms with Crippen molar-refractivity contribution in [2.45, 2.75) is 104 Å². The van der Waals surface area contributed by atoms with E-state index < -0.39 is 0 Å². The molecule has 660 valence electrons. The van der Waals surface area contributed by atoms with Crippen LogP contribution in [0.3, 0.4) is 0 Å². The van der Waals surface area contributed by atoms with Crippen LogP contribution in [0.4, 0.5) is 0 Å². The van der Waals surface area contributed by atoms with Gasteiger partial charge in [0.05, 0.1) is 5.56 Å². The molecule has 11 heterocycles. The molecule has 0 fully saturated rings. The monoisotopic (exact) mass is 1760 g/mol. The van der Waals surface area contributed by atoms with E-state index >= 15 is 0 Å². The molecule has 0 bridgehead atoms. The molecule has 9 aromatic carbocycles. The average Bonchev–Trinajstić information content (AvgIpc) is 0.816. The zero-order valence-electron chi connectivity index (χ0n) is 77.8. The van der Waals surface area contributed by atoms with Gasteiger partial charge in [-0.3, -0.25) is 19.9 Å². The lowest BCUT2D eigenvalue weighted by atomic mass is 10.1. The van der Waals surface area contributed by atoms with Gasteiger partial charge in [0.25, 0.3) is 0 Å². The fourth-order valence-electron chi connectivity index (χ4n) is 13.5. The van der Waals surface area contributed by atoms with Crippen LogP contribution < -0.4 is 0 Å². The summed E-state index contributed by atoms with van der Waals surface area (Å²) in [6.07, 6.45) is 14.3. The van der Waals surface area contributed by atoms with E-state index in [1.54, 1.807) is 24.8 Å². The van der Waals surface area contributed by atoms with E-state index in [1.165, 1.54) is 50.1 Å². The van der Waals surface area contributed by atoms with Crippen molar-refractivity contribution in [1.29, 1.82) is 0 Å². The third kappa shape index (κ3) is 24.1. The molecule has 20 rings (SSSR count). The normalized spacial score (nSPS) is 10.8. The van der Waals surface area contributed by atoms with Crippen LogP contribution in [-0.4, -0.2) is 115 Å². The molecule has 0 saturated heterocycles. The van der Waals surface area contributed by atoms with Gasteiger partial charge in [0.2, 0.25) is 5.82 Å². The van der Waals surface area contributed by atoms with Crippen molar-refractivity contribution >= 4 is 0 Å². The van der Waals surface area contributed by atoms with E-state index in [1.807, 2.05) is 260 Å². The third-order valence-corrected chi connectivity index (χ3v) is 21.6. The highest BCUT2D eigenvalue weighted by Crippen LogP contribution is 2.32. The van der Waals surface area contributed by atoms with E-state index in [9.17, 15) is 0 Å². The Balaban J connectivity index is 0.000000123. The molecule has 0 unspecified atom stereocenters. The zero-order chi connectivity index (χ0) is 94.0. The molecule has 0 radical (unpaired) electrons. The Morgan fingerprint density at radius 2 is 0.289 bits per heavy atom. The highest BCUT2D eigenvalue weighted by atomic mass is 15.1. The minimum Gasteiger partial charge on any atom is -0.261 e. The second-order valence-corrected chi connectivity index (χ2v) is 33.3. The molecule has 11 aromatic heterocycles. The predicted octanol–water partition coefficient (Wildman–Crippen LogP) is 24.1. The Labute approximate surface area is 785 Å².